The molecule has 0 fully saturated rings. The lowest BCUT2D eigenvalue weighted by atomic mass is 10.0. The van der Waals surface area contributed by atoms with Gasteiger partial charge in [0.25, 0.3) is 0 Å². The molecule has 0 bridgehead atoms. The molecule has 27 heavy (non-hydrogen) atoms. The third kappa shape index (κ3) is 10.1. The van der Waals surface area contributed by atoms with Crippen LogP contribution in [0, 0.1) is 0 Å². The molecule has 4 heteroatoms. The number of unbranched alkanes of at least 4 members (excludes halogenated alkanes) is 6. The minimum atomic E-state index is -0.0134. The van der Waals surface area contributed by atoms with Gasteiger partial charge >= 0.3 is 0 Å². The summed E-state index contributed by atoms with van der Waals surface area (Å²) >= 11 is 0. The predicted octanol–water partition coefficient (Wildman–Crippen LogP) is 5.54. The second-order valence-electron chi connectivity index (χ2n) is 7.07. The molecule has 0 atom stereocenters. The van der Waals surface area contributed by atoms with Crippen molar-refractivity contribution in [1.82, 2.24) is 5.32 Å². The van der Waals surface area contributed by atoms with Crippen molar-refractivity contribution in [3.8, 4) is 11.5 Å². The van der Waals surface area contributed by atoms with Crippen molar-refractivity contribution >= 4 is 5.91 Å². The van der Waals surface area contributed by atoms with Crippen molar-refractivity contribution in [3.63, 3.8) is 0 Å². The highest BCUT2D eigenvalue weighted by molar-refractivity contribution is 5.88. The van der Waals surface area contributed by atoms with E-state index >= 15 is 0 Å². The summed E-state index contributed by atoms with van der Waals surface area (Å²) < 4.78 is 5.11. The van der Waals surface area contributed by atoms with Gasteiger partial charge in [0.15, 0.2) is 11.5 Å². The van der Waals surface area contributed by atoms with Crippen LogP contribution in [0.2, 0.25) is 0 Å². The maximum Gasteiger partial charge on any atom is 0.243 e. The molecule has 0 aromatic heterocycles. The molecule has 2 N–H and O–H groups in total. The van der Waals surface area contributed by atoms with E-state index in [1.54, 1.807) is 18.2 Å². The quantitative estimate of drug-likeness (QED) is 0.332. The van der Waals surface area contributed by atoms with Crippen LogP contribution in [0.1, 0.15) is 77.2 Å². The van der Waals surface area contributed by atoms with Crippen molar-refractivity contribution in [2.75, 3.05) is 13.7 Å². The number of benzene rings is 1. The second kappa shape index (κ2) is 14.1. The molecule has 0 radical (unpaired) electrons. The van der Waals surface area contributed by atoms with Crippen molar-refractivity contribution in [1.29, 1.82) is 0 Å². The number of allylic oxidation sites excluding steroid dienone is 1. The molecule has 0 saturated heterocycles. The lowest BCUT2D eigenvalue weighted by Crippen LogP contribution is -2.24. The summed E-state index contributed by atoms with van der Waals surface area (Å²) in [4.78, 5) is 12.1. The number of carbonyl (C=O) groups is 1. The summed E-state index contributed by atoms with van der Waals surface area (Å²) in [6.07, 6.45) is 13.5. The van der Waals surface area contributed by atoms with Gasteiger partial charge in [-0.15, -0.1) is 0 Å². The summed E-state index contributed by atoms with van der Waals surface area (Å²) in [5.41, 5.74) is 2.25. The van der Waals surface area contributed by atoms with Gasteiger partial charge in [-0.1, -0.05) is 64.0 Å². The highest BCUT2D eigenvalue weighted by atomic mass is 16.5. The summed E-state index contributed by atoms with van der Waals surface area (Å²) in [5, 5.41) is 12.6. The Bertz CT molecular complexity index is 581. The Kier molecular flexibility index (Phi) is 12.1. The molecule has 0 aliphatic heterocycles. The van der Waals surface area contributed by atoms with Crippen LogP contribution < -0.4 is 10.1 Å². The Morgan fingerprint density at radius 3 is 2.48 bits per heavy atom. The van der Waals surface area contributed by atoms with Gasteiger partial charge in [-0.25, -0.2) is 0 Å². The first kappa shape index (κ1) is 23.1. The van der Waals surface area contributed by atoms with Crippen molar-refractivity contribution in [2.45, 2.75) is 78.1 Å². The first-order valence-electron chi connectivity index (χ1n) is 10.4. The SMILES string of the molecule is CCCCCCCCC/C(=C\C(=O)NCCc1ccc(O)c(OC)c1)CC. The minimum absolute atomic E-state index is 0.0134. The molecule has 0 heterocycles. The summed E-state index contributed by atoms with van der Waals surface area (Å²) in [6.45, 7) is 4.92. The van der Waals surface area contributed by atoms with E-state index in [1.165, 1.54) is 57.6 Å². The van der Waals surface area contributed by atoms with Crippen LogP contribution in [0.15, 0.2) is 29.8 Å². The van der Waals surface area contributed by atoms with Crippen LogP contribution in [-0.2, 0) is 11.2 Å². The number of hydrogen-bond donors (Lipinski definition) is 2. The third-order valence-electron chi connectivity index (χ3n) is 4.85. The molecule has 152 valence electrons. The normalized spacial score (nSPS) is 11.4. The van der Waals surface area contributed by atoms with E-state index in [0.29, 0.717) is 18.7 Å². The van der Waals surface area contributed by atoms with Crippen molar-refractivity contribution in [2.24, 2.45) is 0 Å². The molecule has 4 nitrogen and oxygen atoms in total. The molecular formula is C23H37NO3. The van der Waals surface area contributed by atoms with Crippen LogP contribution in [-0.4, -0.2) is 24.7 Å². The zero-order valence-corrected chi connectivity index (χ0v) is 17.4. The average molecular weight is 376 g/mol. The molecule has 1 aromatic rings. The summed E-state index contributed by atoms with van der Waals surface area (Å²) in [5.74, 6) is 0.577. The number of aromatic hydroxyl groups is 1. The Morgan fingerprint density at radius 2 is 1.81 bits per heavy atom. The van der Waals surface area contributed by atoms with Crippen molar-refractivity contribution in [3.05, 3.63) is 35.4 Å². The fraction of sp³-hybridized carbons (Fsp3) is 0.609. The summed E-state index contributed by atoms with van der Waals surface area (Å²) in [7, 11) is 1.53. The molecular weight excluding hydrogens is 338 g/mol. The van der Waals surface area contributed by atoms with Crippen LogP contribution in [0.4, 0.5) is 0 Å². The van der Waals surface area contributed by atoms with E-state index in [0.717, 1.165) is 18.4 Å². The van der Waals surface area contributed by atoms with Gasteiger partial charge in [-0.3, -0.25) is 4.79 Å². The number of methoxy groups -OCH3 is 1. The number of phenols is 1. The van der Waals surface area contributed by atoms with Crippen LogP contribution in [0.5, 0.6) is 11.5 Å². The number of amides is 1. The van der Waals surface area contributed by atoms with E-state index < -0.39 is 0 Å². The number of nitrogens with one attached hydrogen (secondary N) is 1. The predicted molar refractivity (Wildman–Crippen MR) is 112 cm³/mol. The van der Waals surface area contributed by atoms with Crippen molar-refractivity contribution < 1.29 is 14.6 Å². The zero-order chi connectivity index (χ0) is 19.9. The fourth-order valence-corrected chi connectivity index (χ4v) is 3.10. The number of carbonyl (C=O) groups excluding carboxylic acids is 1. The number of ether oxygens (including phenoxy) is 1. The van der Waals surface area contributed by atoms with E-state index in [1.807, 2.05) is 6.07 Å². The van der Waals surface area contributed by atoms with Gasteiger partial charge in [-0.2, -0.15) is 0 Å². The highest BCUT2D eigenvalue weighted by Gasteiger charge is 2.04. The number of hydrogen-bond acceptors (Lipinski definition) is 3. The Balaban J connectivity index is 2.29. The number of phenolic OH excluding ortho intramolecular Hbond substituents is 1. The maximum atomic E-state index is 12.1. The molecule has 1 aromatic carbocycles. The lowest BCUT2D eigenvalue weighted by molar-refractivity contribution is -0.116. The molecule has 1 amide bonds. The van der Waals surface area contributed by atoms with Gasteiger partial charge in [0.1, 0.15) is 0 Å². The van der Waals surface area contributed by atoms with E-state index in [4.69, 9.17) is 4.74 Å². The van der Waals surface area contributed by atoms with E-state index in [2.05, 4.69) is 19.2 Å². The van der Waals surface area contributed by atoms with Gasteiger partial charge < -0.3 is 15.2 Å². The Labute approximate surface area is 165 Å². The first-order chi connectivity index (χ1) is 13.1. The van der Waals surface area contributed by atoms with Gasteiger partial charge in [0.2, 0.25) is 5.91 Å². The van der Waals surface area contributed by atoms with Crippen LogP contribution in [0.25, 0.3) is 0 Å². The minimum Gasteiger partial charge on any atom is -0.504 e. The third-order valence-corrected chi connectivity index (χ3v) is 4.85. The lowest BCUT2D eigenvalue weighted by Gasteiger charge is -2.08. The Hall–Kier alpha value is -1.97. The van der Waals surface area contributed by atoms with Gasteiger partial charge in [0.05, 0.1) is 7.11 Å². The van der Waals surface area contributed by atoms with Gasteiger partial charge in [0, 0.05) is 12.6 Å². The van der Waals surface area contributed by atoms with Gasteiger partial charge in [-0.05, 0) is 43.4 Å². The highest BCUT2D eigenvalue weighted by Crippen LogP contribution is 2.26. The standard InChI is InChI=1S/C23H37NO3/c1-4-6-7-8-9-10-11-12-19(5-2)18-23(26)24-16-15-20-13-14-21(25)22(17-20)27-3/h13-14,17-18,25H,4-12,15-16H2,1-3H3,(H,24,26)/b19-18-. The van der Waals surface area contributed by atoms with E-state index in [9.17, 15) is 9.90 Å². The largest absolute Gasteiger partial charge is 0.504 e. The van der Waals surface area contributed by atoms with E-state index in [-0.39, 0.29) is 11.7 Å². The Morgan fingerprint density at radius 1 is 1.11 bits per heavy atom. The topological polar surface area (TPSA) is 58.6 Å². The maximum absolute atomic E-state index is 12.1. The smallest absolute Gasteiger partial charge is 0.243 e. The number of rotatable bonds is 14. The monoisotopic (exact) mass is 375 g/mol. The average Bonchev–Trinajstić information content (AvgIpc) is 2.67. The molecule has 0 aliphatic carbocycles. The molecule has 1 rings (SSSR count). The first-order valence-corrected chi connectivity index (χ1v) is 10.4. The molecule has 0 saturated carbocycles. The fourth-order valence-electron chi connectivity index (χ4n) is 3.10. The molecule has 0 spiro atoms. The summed E-state index contributed by atoms with van der Waals surface area (Å²) in [6, 6.07) is 5.26. The van der Waals surface area contributed by atoms with Crippen LogP contribution >= 0.6 is 0 Å². The zero-order valence-electron chi connectivity index (χ0n) is 17.4. The molecule has 0 aliphatic rings. The second-order valence-corrected chi connectivity index (χ2v) is 7.07. The van der Waals surface area contributed by atoms with Crippen LogP contribution in [0.3, 0.4) is 0 Å². The molecule has 0 unspecified atom stereocenters.